The van der Waals surface area contributed by atoms with Gasteiger partial charge in [-0.2, -0.15) is 0 Å². The molecule has 2 saturated heterocycles. The van der Waals surface area contributed by atoms with E-state index in [-0.39, 0.29) is 24.2 Å². The molecule has 2 aliphatic heterocycles. The molecule has 2 aromatic carbocycles. The van der Waals surface area contributed by atoms with E-state index in [0.717, 1.165) is 28.0 Å². The lowest BCUT2D eigenvalue weighted by Gasteiger charge is -2.20. The number of benzene rings is 2. The highest BCUT2D eigenvalue weighted by Gasteiger charge is 2.35. The quantitative estimate of drug-likeness (QED) is 0.684. The van der Waals surface area contributed by atoms with Crippen molar-refractivity contribution in [3.63, 3.8) is 0 Å². The van der Waals surface area contributed by atoms with E-state index in [1.54, 1.807) is 4.90 Å². The van der Waals surface area contributed by atoms with Gasteiger partial charge in [0, 0.05) is 46.7 Å². The minimum Gasteiger partial charge on any atom is -0.372 e. The highest BCUT2D eigenvalue weighted by molar-refractivity contribution is 14.1. The summed E-state index contributed by atoms with van der Waals surface area (Å²) in [5.41, 5.74) is 2.84. The third-order valence-electron chi connectivity index (χ3n) is 5.24. The molecule has 1 atom stereocenters. The average molecular weight is 475 g/mol. The number of hydrogen-bond donors (Lipinski definition) is 1. The van der Waals surface area contributed by atoms with Crippen LogP contribution in [-0.2, 0) is 9.59 Å². The summed E-state index contributed by atoms with van der Waals surface area (Å²) in [6, 6.07) is 15.8. The Balaban J connectivity index is 1.40. The summed E-state index contributed by atoms with van der Waals surface area (Å²) in [6.07, 6.45) is 2.73. The number of halogens is 1. The molecule has 1 unspecified atom stereocenters. The Morgan fingerprint density at radius 3 is 2.26 bits per heavy atom. The fourth-order valence-corrected chi connectivity index (χ4v) is 4.09. The Kier molecular flexibility index (Phi) is 5.33. The number of carbonyl (C=O) groups excluding carboxylic acids is 2. The zero-order valence-electron chi connectivity index (χ0n) is 15.0. The van der Waals surface area contributed by atoms with Crippen LogP contribution in [0.4, 0.5) is 17.1 Å². The van der Waals surface area contributed by atoms with E-state index in [2.05, 4.69) is 44.9 Å². The second-order valence-corrected chi connectivity index (χ2v) is 8.36. The summed E-state index contributed by atoms with van der Waals surface area (Å²) in [6.45, 7) is 2.63. The third-order valence-corrected chi connectivity index (χ3v) is 5.96. The molecule has 0 saturated carbocycles. The molecule has 0 radical (unpaired) electrons. The maximum atomic E-state index is 12.6. The molecule has 2 heterocycles. The van der Waals surface area contributed by atoms with Crippen LogP contribution < -0.4 is 15.1 Å². The van der Waals surface area contributed by atoms with Crippen molar-refractivity contribution in [2.24, 2.45) is 5.92 Å². The number of amides is 2. The van der Waals surface area contributed by atoms with Crippen LogP contribution in [-0.4, -0.2) is 31.4 Å². The molecular weight excluding hydrogens is 453 g/mol. The molecule has 0 aliphatic carbocycles. The van der Waals surface area contributed by atoms with E-state index in [9.17, 15) is 9.59 Å². The fourth-order valence-electron chi connectivity index (χ4n) is 3.73. The smallest absolute Gasteiger partial charge is 0.229 e. The third kappa shape index (κ3) is 4.10. The number of nitrogens with one attached hydrogen (secondary N) is 1. The maximum absolute atomic E-state index is 12.6. The molecule has 0 bridgehead atoms. The standard InChI is InChI=1S/C21H22IN3O2/c22-16-3-5-17(6-4-16)23-21(27)15-13-20(26)25(14-15)19-9-7-18(8-10-19)24-11-1-2-12-24/h3-10,15H,1-2,11-14H2,(H,23,27). The maximum Gasteiger partial charge on any atom is 0.229 e. The Hall–Kier alpha value is -2.09. The number of hydrogen-bond acceptors (Lipinski definition) is 3. The van der Waals surface area contributed by atoms with E-state index >= 15 is 0 Å². The van der Waals surface area contributed by atoms with Crippen LogP contribution in [0.25, 0.3) is 0 Å². The normalized spacial score (nSPS) is 19.6. The van der Waals surface area contributed by atoms with Gasteiger partial charge >= 0.3 is 0 Å². The first-order valence-corrected chi connectivity index (χ1v) is 10.4. The van der Waals surface area contributed by atoms with E-state index in [1.807, 2.05) is 36.4 Å². The van der Waals surface area contributed by atoms with Crippen LogP contribution in [0.3, 0.4) is 0 Å². The lowest BCUT2D eigenvalue weighted by Crippen LogP contribution is -2.28. The highest BCUT2D eigenvalue weighted by Crippen LogP contribution is 2.29. The Morgan fingerprint density at radius 2 is 1.59 bits per heavy atom. The van der Waals surface area contributed by atoms with Crippen molar-refractivity contribution in [3.05, 3.63) is 52.1 Å². The van der Waals surface area contributed by atoms with Crippen molar-refractivity contribution in [2.75, 3.05) is 34.8 Å². The van der Waals surface area contributed by atoms with Crippen molar-refractivity contribution in [1.29, 1.82) is 0 Å². The zero-order chi connectivity index (χ0) is 18.8. The molecule has 0 aromatic heterocycles. The van der Waals surface area contributed by atoms with Gasteiger partial charge in [0.05, 0.1) is 5.92 Å². The van der Waals surface area contributed by atoms with Crippen LogP contribution in [0, 0.1) is 9.49 Å². The molecule has 0 spiro atoms. The number of carbonyl (C=O) groups is 2. The number of rotatable bonds is 4. The Labute approximate surface area is 172 Å². The predicted molar refractivity (Wildman–Crippen MR) is 116 cm³/mol. The van der Waals surface area contributed by atoms with Gasteiger partial charge in [0.1, 0.15) is 0 Å². The van der Waals surface area contributed by atoms with Gasteiger partial charge in [0.25, 0.3) is 0 Å². The number of anilines is 3. The predicted octanol–water partition coefficient (Wildman–Crippen LogP) is 3.88. The van der Waals surface area contributed by atoms with Gasteiger partial charge in [0.2, 0.25) is 11.8 Å². The van der Waals surface area contributed by atoms with Gasteiger partial charge < -0.3 is 15.1 Å². The van der Waals surface area contributed by atoms with Crippen molar-refractivity contribution in [1.82, 2.24) is 0 Å². The summed E-state index contributed by atoms with van der Waals surface area (Å²) in [7, 11) is 0. The van der Waals surface area contributed by atoms with E-state index in [4.69, 9.17) is 0 Å². The van der Waals surface area contributed by atoms with Crippen molar-refractivity contribution < 1.29 is 9.59 Å². The van der Waals surface area contributed by atoms with Gasteiger partial charge in [-0.15, -0.1) is 0 Å². The monoisotopic (exact) mass is 475 g/mol. The number of nitrogens with zero attached hydrogens (tertiary/aromatic N) is 2. The lowest BCUT2D eigenvalue weighted by atomic mass is 10.1. The van der Waals surface area contributed by atoms with Crippen molar-refractivity contribution >= 4 is 51.5 Å². The Morgan fingerprint density at radius 1 is 0.963 bits per heavy atom. The molecule has 2 aromatic rings. The highest BCUT2D eigenvalue weighted by atomic mass is 127. The molecular formula is C21H22IN3O2. The van der Waals surface area contributed by atoms with Gasteiger partial charge in [0.15, 0.2) is 0 Å². The molecule has 5 nitrogen and oxygen atoms in total. The van der Waals surface area contributed by atoms with Gasteiger partial charge in [-0.05, 0) is 84.0 Å². The molecule has 2 aliphatic rings. The molecule has 2 amide bonds. The van der Waals surface area contributed by atoms with Crippen LogP contribution >= 0.6 is 22.6 Å². The molecule has 140 valence electrons. The molecule has 6 heteroatoms. The second kappa shape index (κ2) is 7.88. The van der Waals surface area contributed by atoms with Crippen LogP contribution in [0.5, 0.6) is 0 Å². The van der Waals surface area contributed by atoms with Gasteiger partial charge in [-0.3, -0.25) is 9.59 Å². The summed E-state index contributed by atoms with van der Waals surface area (Å²) in [5, 5.41) is 2.92. The minimum absolute atomic E-state index is 0.00619. The summed E-state index contributed by atoms with van der Waals surface area (Å²) < 4.78 is 1.12. The summed E-state index contributed by atoms with van der Waals surface area (Å²) in [4.78, 5) is 29.1. The molecule has 4 rings (SSSR count). The fraction of sp³-hybridized carbons (Fsp3) is 0.333. The van der Waals surface area contributed by atoms with Crippen LogP contribution in [0.2, 0.25) is 0 Å². The second-order valence-electron chi connectivity index (χ2n) is 7.11. The Bertz CT molecular complexity index is 830. The topological polar surface area (TPSA) is 52.7 Å². The summed E-state index contributed by atoms with van der Waals surface area (Å²) in [5.74, 6) is -0.414. The molecule has 2 fully saturated rings. The molecule has 27 heavy (non-hydrogen) atoms. The minimum atomic E-state index is -0.324. The van der Waals surface area contributed by atoms with Crippen LogP contribution in [0.15, 0.2) is 48.5 Å². The first kappa shape index (κ1) is 18.3. The van der Waals surface area contributed by atoms with E-state index in [1.165, 1.54) is 18.5 Å². The average Bonchev–Trinajstić information content (AvgIpc) is 3.34. The molecule has 1 N–H and O–H groups in total. The zero-order valence-corrected chi connectivity index (χ0v) is 17.2. The summed E-state index contributed by atoms with van der Waals surface area (Å²) >= 11 is 2.23. The SMILES string of the molecule is O=C(Nc1ccc(I)cc1)C1CC(=O)N(c2ccc(N3CCCC3)cc2)C1. The first-order valence-electron chi connectivity index (χ1n) is 9.32. The van der Waals surface area contributed by atoms with Crippen LogP contribution in [0.1, 0.15) is 19.3 Å². The van der Waals surface area contributed by atoms with E-state index in [0.29, 0.717) is 6.54 Å². The van der Waals surface area contributed by atoms with Gasteiger partial charge in [-0.1, -0.05) is 0 Å². The first-order chi connectivity index (χ1) is 13.1. The lowest BCUT2D eigenvalue weighted by molar-refractivity contribution is -0.122. The van der Waals surface area contributed by atoms with E-state index < -0.39 is 0 Å². The van der Waals surface area contributed by atoms with Gasteiger partial charge in [-0.25, -0.2) is 0 Å². The van der Waals surface area contributed by atoms with Crippen molar-refractivity contribution in [2.45, 2.75) is 19.3 Å². The largest absolute Gasteiger partial charge is 0.372 e. The van der Waals surface area contributed by atoms with Crippen molar-refractivity contribution in [3.8, 4) is 0 Å².